The van der Waals surface area contributed by atoms with Crippen LogP contribution in [0.5, 0.6) is 0 Å². The number of carbonyl (C=O) groups is 1. The maximum absolute atomic E-state index is 11.9. The zero-order valence-corrected chi connectivity index (χ0v) is 11.8. The van der Waals surface area contributed by atoms with E-state index >= 15 is 0 Å². The van der Waals surface area contributed by atoms with E-state index in [1.807, 2.05) is 0 Å². The van der Waals surface area contributed by atoms with Gasteiger partial charge >= 0.3 is 5.97 Å². The maximum Gasteiger partial charge on any atom is 0.339 e. The second kappa shape index (κ2) is 5.35. The van der Waals surface area contributed by atoms with E-state index < -0.39 is 5.97 Å². The molecule has 0 aliphatic heterocycles. The Hall–Kier alpha value is -1.96. The molecule has 0 aliphatic carbocycles. The van der Waals surface area contributed by atoms with Gasteiger partial charge in [0.05, 0.1) is 12.7 Å². The Morgan fingerprint density at radius 1 is 1.53 bits per heavy atom. The number of esters is 1. The van der Waals surface area contributed by atoms with Crippen LogP contribution in [0.25, 0.3) is 0 Å². The normalized spacial score (nSPS) is 10.5. The average Bonchev–Trinajstić information content (AvgIpc) is 2.78. The summed E-state index contributed by atoms with van der Waals surface area (Å²) in [7, 11) is 1.25. The predicted octanol–water partition coefficient (Wildman–Crippen LogP) is 1.14. The van der Waals surface area contributed by atoms with Crippen molar-refractivity contribution >= 4 is 21.9 Å². The lowest BCUT2D eigenvalue weighted by Crippen LogP contribution is -2.22. The van der Waals surface area contributed by atoms with Crippen molar-refractivity contribution in [3.8, 4) is 0 Å². The molecule has 0 saturated heterocycles. The van der Waals surface area contributed by atoms with Gasteiger partial charge in [-0.25, -0.2) is 4.79 Å². The first-order valence-corrected chi connectivity index (χ1v) is 6.08. The Morgan fingerprint density at radius 2 is 2.26 bits per heavy atom. The first-order chi connectivity index (χ1) is 9.01. The lowest BCUT2D eigenvalue weighted by atomic mass is 10.2. The highest BCUT2D eigenvalue weighted by molar-refractivity contribution is 9.10. The topological polar surface area (TPSA) is 87.2 Å². The third-order valence-electron chi connectivity index (χ3n) is 2.36. The molecule has 2 aromatic rings. The summed E-state index contributed by atoms with van der Waals surface area (Å²) in [6, 6.07) is 1.19. The molecule has 0 aromatic carbocycles. The summed E-state index contributed by atoms with van der Waals surface area (Å²) in [4.78, 5) is 23.3. The van der Waals surface area contributed by atoms with Gasteiger partial charge in [-0.3, -0.25) is 4.79 Å². The lowest BCUT2D eigenvalue weighted by molar-refractivity contribution is 0.0599. The molecule has 100 valence electrons. The number of pyridine rings is 1. The van der Waals surface area contributed by atoms with Crippen LogP contribution in [0.3, 0.4) is 0 Å². The molecule has 2 heterocycles. The SMILES string of the molecule is COC(=O)c1cc(=O)n(Cc2nnc(C)o2)cc1Br. The molecule has 2 rings (SSSR count). The van der Waals surface area contributed by atoms with Gasteiger partial charge in [0.25, 0.3) is 5.56 Å². The Balaban J connectivity index is 2.35. The van der Waals surface area contributed by atoms with E-state index in [2.05, 4.69) is 30.9 Å². The molecule has 0 saturated carbocycles. The quantitative estimate of drug-likeness (QED) is 0.785. The summed E-state index contributed by atoms with van der Waals surface area (Å²) >= 11 is 3.21. The van der Waals surface area contributed by atoms with Gasteiger partial charge in [-0.05, 0) is 15.9 Å². The molecule has 19 heavy (non-hydrogen) atoms. The molecule has 0 aliphatic rings. The minimum absolute atomic E-state index is 0.139. The van der Waals surface area contributed by atoms with E-state index in [-0.39, 0.29) is 17.7 Å². The highest BCUT2D eigenvalue weighted by Crippen LogP contribution is 2.15. The number of ether oxygens (including phenoxy) is 1. The van der Waals surface area contributed by atoms with Crippen LogP contribution in [0.15, 0.2) is 25.9 Å². The first-order valence-electron chi connectivity index (χ1n) is 5.28. The summed E-state index contributed by atoms with van der Waals surface area (Å²) in [6.07, 6.45) is 1.48. The minimum Gasteiger partial charge on any atom is -0.465 e. The van der Waals surface area contributed by atoms with Crippen LogP contribution < -0.4 is 5.56 Å². The van der Waals surface area contributed by atoms with Crippen LogP contribution in [0, 0.1) is 6.92 Å². The van der Waals surface area contributed by atoms with Crippen molar-refractivity contribution in [3.05, 3.63) is 44.4 Å². The van der Waals surface area contributed by atoms with Gasteiger partial charge in [0, 0.05) is 23.7 Å². The molecule has 0 spiro atoms. The second-order valence-corrected chi connectivity index (χ2v) is 4.56. The van der Waals surface area contributed by atoms with Crippen molar-refractivity contribution in [2.75, 3.05) is 7.11 Å². The Morgan fingerprint density at radius 3 is 2.84 bits per heavy atom. The van der Waals surface area contributed by atoms with E-state index in [1.165, 1.54) is 23.9 Å². The highest BCUT2D eigenvalue weighted by Gasteiger charge is 2.14. The summed E-state index contributed by atoms with van der Waals surface area (Å²) in [5, 5.41) is 7.48. The number of hydrogen-bond donors (Lipinski definition) is 0. The number of aryl methyl sites for hydroxylation is 1. The molecule has 0 N–H and O–H groups in total. The first kappa shape index (κ1) is 13.5. The molecule has 0 atom stereocenters. The van der Waals surface area contributed by atoms with E-state index in [0.29, 0.717) is 16.3 Å². The summed E-state index contributed by atoms with van der Waals surface area (Å²) in [5.74, 6) is 0.162. The monoisotopic (exact) mass is 327 g/mol. The van der Waals surface area contributed by atoms with Crippen LogP contribution >= 0.6 is 15.9 Å². The number of aromatic nitrogens is 3. The maximum atomic E-state index is 11.9. The molecule has 2 aromatic heterocycles. The van der Waals surface area contributed by atoms with Gasteiger partial charge in [-0.15, -0.1) is 10.2 Å². The molecule has 7 nitrogen and oxygen atoms in total. The van der Waals surface area contributed by atoms with Gasteiger partial charge in [0.2, 0.25) is 11.8 Å². The molecule has 0 amide bonds. The third-order valence-corrected chi connectivity index (χ3v) is 2.99. The number of rotatable bonds is 3. The summed E-state index contributed by atoms with van der Waals surface area (Å²) < 4.78 is 11.6. The van der Waals surface area contributed by atoms with Crippen LogP contribution in [0.2, 0.25) is 0 Å². The minimum atomic E-state index is -0.579. The zero-order chi connectivity index (χ0) is 14.0. The molecule has 0 bridgehead atoms. The lowest BCUT2D eigenvalue weighted by Gasteiger charge is -2.06. The molecular formula is C11H10BrN3O4. The fourth-order valence-electron chi connectivity index (χ4n) is 1.48. The molecule has 0 fully saturated rings. The largest absolute Gasteiger partial charge is 0.465 e. The fourth-order valence-corrected chi connectivity index (χ4v) is 2.01. The van der Waals surface area contributed by atoms with Crippen molar-refractivity contribution in [1.82, 2.24) is 14.8 Å². The van der Waals surface area contributed by atoms with Crippen LogP contribution in [-0.2, 0) is 11.3 Å². The number of hydrogen-bond acceptors (Lipinski definition) is 6. The van der Waals surface area contributed by atoms with Gasteiger partial charge in [0.15, 0.2) is 0 Å². The average molecular weight is 328 g/mol. The molecule has 8 heteroatoms. The van der Waals surface area contributed by atoms with Crippen LogP contribution in [0.1, 0.15) is 22.1 Å². The van der Waals surface area contributed by atoms with Crippen molar-refractivity contribution in [3.63, 3.8) is 0 Å². The van der Waals surface area contributed by atoms with E-state index in [4.69, 9.17) is 4.42 Å². The smallest absolute Gasteiger partial charge is 0.339 e. The van der Waals surface area contributed by atoms with Crippen molar-refractivity contribution in [2.45, 2.75) is 13.5 Å². The van der Waals surface area contributed by atoms with Gasteiger partial charge in [-0.1, -0.05) is 0 Å². The van der Waals surface area contributed by atoms with Crippen LogP contribution in [0.4, 0.5) is 0 Å². The van der Waals surface area contributed by atoms with Gasteiger partial charge in [-0.2, -0.15) is 0 Å². The number of halogens is 1. The van der Waals surface area contributed by atoms with Crippen LogP contribution in [-0.4, -0.2) is 27.8 Å². The predicted molar refractivity (Wildman–Crippen MR) is 67.9 cm³/mol. The zero-order valence-electron chi connectivity index (χ0n) is 10.2. The van der Waals surface area contributed by atoms with E-state index in [9.17, 15) is 9.59 Å². The highest BCUT2D eigenvalue weighted by atomic mass is 79.9. The number of nitrogens with zero attached hydrogens (tertiary/aromatic N) is 3. The van der Waals surface area contributed by atoms with Crippen molar-refractivity contribution in [2.24, 2.45) is 0 Å². The van der Waals surface area contributed by atoms with E-state index in [0.717, 1.165) is 0 Å². The molecule has 0 radical (unpaired) electrons. The summed E-state index contributed by atoms with van der Waals surface area (Å²) in [5.41, 5.74) is -0.190. The Kier molecular flexibility index (Phi) is 3.79. The van der Waals surface area contributed by atoms with Gasteiger partial charge in [0.1, 0.15) is 6.54 Å². The fraction of sp³-hybridized carbons (Fsp3) is 0.273. The van der Waals surface area contributed by atoms with E-state index in [1.54, 1.807) is 6.92 Å². The standard InChI is InChI=1S/C11H10BrN3O4/c1-6-13-14-9(19-6)5-15-4-8(12)7(3-10(15)16)11(17)18-2/h3-4H,5H2,1-2H3. The molecule has 0 unspecified atom stereocenters. The number of methoxy groups -OCH3 is 1. The second-order valence-electron chi connectivity index (χ2n) is 3.71. The third kappa shape index (κ3) is 2.90. The summed E-state index contributed by atoms with van der Waals surface area (Å²) in [6.45, 7) is 1.80. The Labute approximate surface area is 116 Å². The Bertz CT molecular complexity index is 677. The molecular weight excluding hydrogens is 318 g/mol. The van der Waals surface area contributed by atoms with Crippen molar-refractivity contribution < 1.29 is 13.9 Å². The van der Waals surface area contributed by atoms with Gasteiger partial charge < -0.3 is 13.7 Å². The number of carbonyl (C=O) groups excluding carboxylic acids is 1. The van der Waals surface area contributed by atoms with Crippen molar-refractivity contribution in [1.29, 1.82) is 0 Å².